The molecule has 0 saturated carbocycles. The summed E-state index contributed by atoms with van der Waals surface area (Å²) in [6.07, 6.45) is 4.87. The monoisotopic (exact) mass is 214 g/mol. The SMILES string of the molecule is N#CCN1CCCCC1Cc1ccccc1. The molecule has 0 aliphatic carbocycles. The minimum atomic E-state index is 0.566. The van der Waals surface area contributed by atoms with Crippen molar-refractivity contribution in [2.45, 2.75) is 31.7 Å². The van der Waals surface area contributed by atoms with E-state index in [0.717, 1.165) is 13.0 Å². The molecule has 0 spiro atoms. The van der Waals surface area contributed by atoms with Crippen molar-refractivity contribution in [3.05, 3.63) is 35.9 Å². The number of rotatable bonds is 3. The van der Waals surface area contributed by atoms with Gasteiger partial charge in [0.1, 0.15) is 0 Å². The number of hydrogen-bond donors (Lipinski definition) is 0. The Bertz CT molecular complexity index is 353. The first-order valence-corrected chi connectivity index (χ1v) is 6.05. The van der Waals surface area contributed by atoms with Gasteiger partial charge in [0.25, 0.3) is 0 Å². The highest BCUT2D eigenvalue weighted by Gasteiger charge is 2.21. The Morgan fingerprint density at radius 1 is 1.25 bits per heavy atom. The molecule has 0 radical (unpaired) electrons. The van der Waals surface area contributed by atoms with Crippen LogP contribution in [0.1, 0.15) is 24.8 Å². The fourth-order valence-corrected chi connectivity index (χ4v) is 2.48. The summed E-state index contributed by atoms with van der Waals surface area (Å²) in [5.74, 6) is 0. The molecule has 1 aliphatic heterocycles. The Kier molecular flexibility index (Phi) is 3.96. The van der Waals surface area contributed by atoms with E-state index in [0.29, 0.717) is 12.6 Å². The average Bonchev–Trinajstić information content (AvgIpc) is 2.33. The second-order valence-corrected chi connectivity index (χ2v) is 4.47. The van der Waals surface area contributed by atoms with Gasteiger partial charge < -0.3 is 0 Å². The predicted octanol–water partition coefficient (Wildman–Crippen LogP) is 2.61. The van der Waals surface area contributed by atoms with Gasteiger partial charge in [0.2, 0.25) is 0 Å². The molecular weight excluding hydrogens is 196 g/mol. The molecule has 0 bridgehead atoms. The number of benzene rings is 1. The van der Waals surface area contributed by atoms with Crippen LogP contribution in [0, 0.1) is 11.3 Å². The Hall–Kier alpha value is -1.33. The van der Waals surface area contributed by atoms with Crippen LogP contribution in [0.2, 0.25) is 0 Å². The zero-order valence-electron chi connectivity index (χ0n) is 9.60. The molecule has 0 amide bonds. The molecule has 84 valence electrons. The molecule has 2 nitrogen and oxygen atoms in total. The third-order valence-electron chi connectivity index (χ3n) is 3.34. The Balaban J connectivity index is 1.99. The van der Waals surface area contributed by atoms with Gasteiger partial charge in [-0.05, 0) is 31.4 Å². The predicted molar refractivity (Wildman–Crippen MR) is 65.0 cm³/mol. The zero-order chi connectivity index (χ0) is 11.2. The van der Waals surface area contributed by atoms with E-state index in [1.807, 2.05) is 0 Å². The van der Waals surface area contributed by atoms with Crippen molar-refractivity contribution >= 4 is 0 Å². The van der Waals surface area contributed by atoms with Crippen LogP contribution in [0.3, 0.4) is 0 Å². The Labute approximate surface area is 97.5 Å². The van der Waals surface area contributed by atoms with Crippen LogP contribution in [0.25, 0.3) is 0 Å². The van der Waals surface area contributed by atoms with Crippen LogP contribution in [-0.4, -0.2) is 24.0 Å². The lowest BCUT2D eigenvalue weighted by Gasteiger charge is -2.34. The quantitative estimate of drug-likeness (QED) is 0.723. The molecule has 1 heterocycles. The number of likely N-dealkylation sites (tertiary alicyclic amines) is 1. The topological polar surface area (TPSA) is 27.0 Å². The maximum absolute atomic E-state index is 8.81. The smallest absolute Gasteiger partial charge is 0.0868 e. The first kappa shape index (κ1) is 11.2. The van der Waals surface area contributed by atoms with Gasteiger partial charge in [-0.25, -0.2) is 0 Å². The normalized spacial score (nSPS) is 21.6. The van der Waals surface area contributed by atoms with E-state index < -0.39 is 0 Å². The van der Waals surface area contributed by atoms with Crippen molar-refractivity contribution in [3.63, 3.8) is 0 Å². The van der Waals surface area contributed by atoms with Gasteiger partial charge in [0.05, 0.1) is 12.6 Å². The lowest BCUT2D eigenvalue weighted by molar-refractivity contribution is 0.166. The van der Waals surface area contributed by atoms with E-state index in [-0.39, 0.29) is 0 Å². The summed E-state index contributed by atoms with van der Waals surface area (Å²) in [7, 11) is 0. The molecule has 1 aliphatic rings. The zero-order valence-corrected chi connectivity index (χ0v) is 9.60. The number of piperidine rings is 1. The molecule has 1 saturated heterocycles. The molecule has 16 heavy (non-hydrogen) atoms. The van der Waals surface area contributed by atoms with Crippen LogP contribution in [0.5, 0.6) is 0 Å². The fourth-order valence-electron chi connectivity index (χ4n) is 2.48. The summed E-state index contributed by atoms with van der Waals surface area (Å²) in [5, 5.41) is 8.81. The summed E-state index contributed by atoms with van der Waals surface area (Å²) in [6.45, 7) is 1.67. The number of nitrogens with zero attached hydrogens (tertiary/aromatic N) is 2. The van der Waals surface area contributed by atoms with Crippen LogP contribution < -0.4 is 0 Å². The molecule has 0 N–H and O–H groups in total. The maximum atomic E-state index is 8.81. The second kappa shape index (κ2) is 5.67. The highest BCUT2D eigenvalue weighted by atomic mass is 15.2. The van der Waals surface area contributed by atoms with E-state index in [1.54, 1.807) is 0 Å². The van der Waals surface area contributed by atoms with Gasteiger partial charge >= 0.3 is 0 Å². The third kappa shape index (κ3) is 2.84. The van der Waals surface area contributed by atoms with Crippen molar-refractivity contribution in [2.75, 3.05) is 13.1 Å². The van der Waals surface area contributed by atoms with Crippen LogP contribution in [0.4, 0.5) is 0 Å². The largest absolute Gasteiger partial charge is 0.287 e. The highest BCUT2D eigenvalue weighted by Crippen LogP contribution is 2.20. The number of nitriles is 1. The first-order chi connectivity index (χ1) is 7.90. The molecule has 1 fully saturated rings. The van der Waals surface area contributed by atoms with Crippen molar-refractivity contribution in [1.82, 2.24) is 4.90 Å². The summed E-state index contributed by atoms with van der Waals surface area (Å²) < 4.78 is 0. The van der Waals surface area contributed by atoms with Crippen molar-refractivity contribution < 1.29 is 0 Å². The minimum Gasteiger partial charge on any atom is -0.287 e. The van der Waals surface area contributed by atoms with Gasteiger partial charge in [-0.15, -0.1) is 0 Å². The Morgan fingerprint density at radius 2 is 2.06 bits per heavy atom. The lowest BCUT2D eigenvalue weighted by Crippen LogP contribution is -2.40. The molecule has 1 atom stereocenters. The van der Waals surface area contributed by atoms with E-state index in [4.69, 9.17) is 5.26 Å². The first-order valence-electron chi connectivity index (χ1n) is 6.05. The van der Waals surface area contributed by atoms with E-state index >= 15 is 0 Å². The summed E-state index contributed by atoms with van der Waals surface area (Å²) >= 11 is 0. The van der Waals surface area contributed by atoms with Gasteiger partial charge in [0.15, 0.2) is 0 Å². The standard InChI is InChI=1S/C14H18N2/c15-9-11-16-10-5-4-8-14(16)12-13-6-2-1-3-7-13/h1-3,6-7,14H,4-5,8,10-12H2. The van der Waals surface area contributed by atoms with E-state index in [1.165, 1.54) is 24.8 Å². The average molecular weight is 214 g/mol. The van der Waals surface area contributed by atoms with E-state index in [2.05, 4.69) is 41.3 Å². The lowest BCUT2D eigenvalue weighted by atomic mass is 9.96. The second-order valence-electron chi connectivity index (χ2n) is 4.47. The molecule has 1 unspecified atom stereocenters. The highest BCUT2D eigenvalue weighted by molar-refractivity contribution is 5.16. The van der Waals surface area contributed by atoms with Crippen molar-refractivity contribution in [3.8, 4) is 6.07 Å². The Morgan fingerprint density at radius 3 is 2.81 bits per heavy atom. The fraction of sp³-hybridized carbons (Fsp3) is 0.500. The third-order valence-corrected chi connectivity index (χ3v) is 3.34. The molecule has 0 aromatic heterocycles. The summed E-state index contributed by atoms with van der Waals surface area (Å²) in [4.78, 5) is 2.33. The van der Waals surface area contributed by atoms with Gasteiger partial charge in [0, 0.05) is 6.04 Å². The van der Waals surface area contributed by atoms with Crippen LogP contribution >= 0.6 is 0 Å². The van der Waals surface area contributed by atoms with E-state index in [9.17, 15) is 0 Å². The van der Waals surface area contributed by atoms with Gasteiger partial charge in [-0.3, -0.25) is 4.90 Å². The minimum absolute atomic E-state index is 0.566. The molecule has 1 aromatic rings. The molecule has 2 rings (SSSR count). The van der Waals surface area contributed by atoms with Crippen LogP contribution in [0.15, 0.2) is 30.3 Å². The van der Waals surface area contributed by atoms with Crippen molar-refractivity contribution in [2.24, 2.45) is 0 Å². The maximum Gasteiger partial charge on any atom is 0.0868 e. The van der Waals surface area contributed by atoms with Crippen LogP contribution in [-0.2, 0) is 6.42 Å². The molecule has 1 aromatic carbocycles. The van der Waals surface area contributed by atoms with Crippen molar-refractivity contribution in [1.29, 1.82) is 5.26 Å². The number of hydrogen-bond acceptors (Lipinski definition) is 2. The van der Waals surface area contributed by atoms with Gasteiger partial charge in [-0.2, -0.15) is 5.26 Å². The summed E-state index contributed by atoms with van der Waals surface area (Å²) in [6, 6.07) is 13.4. The van der Waals surface area contributed by atoms with Gasteiger partial charge in [-0.1, -0.05) is 36.8 Å². The summed E-state index contributed by atoms with van der Waals surface area (Å²) in [5.41, 5.74) is 1.39. The molecular formula is C14H18N2. The molecule has 2 heteroatoms.